The Morgan fingerprint density at radius 3 is 0.671 bits per heavy atom. The van der Waals surface area contributed by atoms with Crippen molar-refractivity contribution < 1.29 is 15.3 Å². The molecular weight excluding hydrogens is 968 g/mol. The van der Waals surface area contributed by atoms with Gasteiger partial charge < -0.3 is 15.3 Å². The molecule has 6 rings (SSSR count). The van der Waals surface area contributed by atoms with Crippen LogP contribution in [0.2, 0.25) is 0 Å². The first-order valence-corrected chi connectivity index (χ1v) is 29.8. The molecule has 0 amide bonds. The molecule has 6 aromatic rings. The Balaban J connectivity index is 1.69. The molecule has 0 aromatic heterocycles. The second kappa shape index (κ2) is 20.6. The number of aryl methyl sites for hydroxylation is 6. The number of hydrogen-bond acceptors (Lipinski definition) is 6. The van der Waals surface area contributed by atoms with Gasteiger partial charge in [0, 0.05) is 46.1 Å². The van der Waals surface area contributed by atoms with E-state index in [2.05, 4.69) is 218 Å². The van der Waals surface area contributed by atoms with Gasteiger partial charge in [0.2, 0.25) is 0 Å². The highest BCUT2D eigenvalue weighted by Gasteiger charge is 2.35. The molecule has 7 heteroatoms. The van der Waals surface area contributed by atoms with Gasteiger partial charge in [0.25, 0.3) is 0 Å². The van der Waals surface area contributed by atoms with Crippen LogP contribution in [0.3, 0.4) is 0 Å². The lowest BCUT2D eigenvalue weighted by molar-refractivity contribution is 0.441. The van der Waals surface area contributed by atoms with Gasteiger partial charge in [0.1, 0.15) is 17.2 Å². The van der Waals surface area contributed by atoms with E-state index in [0.717, 1.165) is 48.1 Å². The molecule has 0 bridgehead atoms. The fourth-order valence-corrected chi connectivity index (χ4v) is 16.5. The van der Waals surface area contributed by atoms with Crippen LogP contribution in [0.5, 0.6) is 17.2 Å². The van der Waals surface area contributed by atoms with E-state index in [9.17, 15) is 15.3 Å². The smallest absolute Gasteiger partial charge is 0.122 e. The fraction of sp³-hybridized carbons (Fsp3) is 0.455. The lowest BCUT2D eigenvalue weighted by Gasteiger charge is -2.36. The predicted molar refractivity (Wildman–Crippen MR) is 322 cm³/mol. The maximum absolute atomic E-state index is 11.2. The molecule has 0 radical (unpaired) electrons. The highest BCUT2D eigenvalue weighted by Crippen LogP contribution is 2.50. The van der Waals surface area contributed by atoms with Crippen molar-refractivity contribution in [1.29, 1.82) is 0 Å². The molecule has 0 unspecified atom stereocenters. The topological polar surface area (TPSA) is 60.7 Å². The van der Waals surface area contributed by atoms with Gasteiger partial charge in [-0.15, -0.1) is 0 Å². The Morgan fingerprint density at radius 2 is 0.479 bits per heavy atom. The average Bonchev–Trinajstić information content (AvgIpc) is 3.21. The van der Waals surface area contributed by atoms with Gasteiger partial charge in [-0.3, -0.25) is 0 Å². The van der Waals surface area contributed by atoms with E-state index in [0.29, 0.717) is 17.2 Å². The standard InChI is InChI=1S/C66H87O3PS3/c1-37-28-52(46(61(7,8)9)34-55(37)71-43-25-40(4)58(67)49(31-43)64(16,17)18)70(53-29-38(2)56(35-47(53)62(10,11)12)72-44-26-41(5)59(68)50(32-44)65(19,20)21)54-30-39(3)57(36-48(54)63(13,14)15)73-45-27-42(6)60(69)51(33-45)66(22,23)24/h25-36,67-69H,1-24H3. The maximum atomic E-state index is 11.2. The minimum absolute atomic E-state index is 0.206. The number of phenolic OH excluding ortho intramolecular Hbond substituents is 3. The Hall–Kier alpha value is -3.80. The molecule has 0 atom stereocenters. The SMILES string of the molecule is Cc1cc(P(c2cc(C)c(Sc3cc(C)c(O)c(C(C)(C)C)c3)cc2C(C)(C)C)c2cc(C)c(Sc3cc(C)c(O)c(C(C)(C)C)c3)cc2C(C)(C)C)c(C(C)(C)C)cc1Sc1cc(C)c(O)c(C(C)(C)C)c1. The van der Waals surface area contributed by atoms with Gasteiger partial charge in [-0.2, -0.15) is 0 Å². The van der Waals surface area contributed by atoms with Crippen LogP contribution in [0.1, 0.15) is 191 Å². The van der Waals surface area contributed by atoms with Crippen molar-refractivity contribution in [3.63, 3.8) is 0 Å². The van der Waals surface area contributed by atoms with Crippen LogP contribution in [0.15, 0.2) is 102 Å². The first kappa shape index (κ1) is 58.5. The van der Waals surface area contributed by atoms with Gasteiger partial charge in [-0.1, -0.05) is 160 Å². The van der Waals surface area contributed by atoms with Crippen LogP contribution < -0.4 is 15.9 Å². The molecular formula is C66H87O3PS3. The summed E-state index contributed by atoms with van der Waals surface area (Å²) in [6, 6.07) is 28.0. The summed E-state index contributed by atoms with van der Waals surface area (Å²) in [4.78, 5) is 7.07. The highest BCUT2D eigenvalue weighted by molar-refractivity contribution is 8.00. The van der Waals surface area contributed by atoms with E-state index in [-0.39, 0.29) is 32.5 Å². The molecule has 0 fully saturated rings. The second-order valence-corrected chi connectivity index (χ2v) is 32.4. The molecule has 0 heterocycles. The summed E-state index contributed by atoms with van der Waals surface area (Å²) in [6.45, 7) is 53.7. The Morgan fingerprint density at radius 1 is 0.274 bits per heavy atom. The predicted octanol–water partition coefficient (Wildman–Crippen LogP) is 18.7. The summed E-state index contributed by atoms with van der Waals surface area (Å²) < 4.78 is 0. The summed E-state index contributed by atoms with van der Waals surface area (Å²) in [5.74, 6) is 1.15. The molecule has 73 heavy (non-hydrogen) atoms. The van der Waals surface area contributed by atoms with Crippen LogP contribution in [0.4, 0.5) is 0 Å². The van der Waals surface area contributed by atoms with Crippen LogP contribution in [0.25, 0.3) is 0 Å². The van der Waals surface area contributed by atoms with Crippen LogP contribution in [-0.2, 0) is 32.5 Å². The van der Waals surface area contributed by atoms with E-state index >= 15 is 0 Å². The van der Waals surface area contributed by atoms with Gasteiger partial charge >= 0.3 is 0 Å². The number of benzene rings is 6. The first-order valence-electron chi connectivity index (χ1n) is 26.0. The lowest BCUT2D eigenvalue weighted by atomic mass is 9.85. The zero-order chi connectivity index (χ0) is 55.0. The second-order valence-electron chi connectivity index (χ2n) is 27.0. The third kappa shape index (κ3) is 12.9. The summed E-state index contributed by atoms with van der Waals surface area (Å²) in [7, 11) is -1.18. The normalized spacial score (nSPS) is 13.1. The molecule has 3 N–H and O–H groups in total. The Bertz CT molecular complexity index is 2750. The van der Waals surface area contributed by atoms with E-state index in [4.69, 9.17) is 0 Å². The van der Waals surface area contributed by atoms with Crippen molar-refractivity contribution in [1.82, 2.24) is 0 Å². The van der Waals surface area contributed by atoms with Crippen LogP contribution in [-0.4, -0.2) is 15.3 Å². The Labute approximate surface area is 456 Å². The number of aromatic hydroxyl groups is 3. The summed E-state index contributed by atoms with van der Waals surface area (Å²) >= 11 is 5.41. The zero-order valence-electron chi connectivity index (χ0n) is 48.9. The van der Waals surface area contributed by atoms with Gasteiger partial charge in [-0.05, 0) is 221 Å². The summed E-state index contributed by atoms with van der Waals surface area (Å²) in [5.41, 5.74) is 12.1. The Kier molecular flexibility index (Phi) is 16.5. The van der Waals surface area contributed by atoms with E-state index in [1.54, 1.807) is 35.3 Å². The van der Waals surface area contributed by atoms with E-state index in [1.165, 1.54) is 64.0 Å². The lowest BCUT2D eigenvalue weighted by Crippen LogP contribution is -2.35. The third-order valence-corrected chi connectivity index (χ3v) is 19.9. The molecule has 6 aromatic carbocycles. The summed E-state index contributed by atoms with van der Waals surface area (Å²) in [5, 5.41) is 37.8. The van der Waals surface area contributed by atoms with Crippen LogP contribution >= 0.6 is 43.2 Å². The van der Waals surface area contributed by atoms with E-state index < -0.39 is 7.92 Å². The average molecular weight is 1060 g/mol. The van der Waals surface area contributed by atoms with Crippen molar-refractivity contribution in [3.05, 3.63) is 140 Å². The van der Waals surface area contributed by atoms with E-state index in [1.807, 2.05) is 20.8 Å². The van der Waals surface area contributed by atoms with Gasteiger partial charge in [-0.25, -0.2) is 0 Å². The largest absolute Gasteiger partial charge is 0.507 e. The third-order valence-electron chi connectivity index (χ3n) is 14.0. The number of rotatable bonds is 9. The van der Waals surface area contributed by atoms with Crippen molar-refractivity contribution in [3.8, 4) is 17.2 Å². The molecule has 3 nitrogen and oxygen atoms in total. The molecule has 0 aliphatic heterocycles. The minimum Gasteiger partial charge on any atom is -0.507 e. The minimum atomic E-state index is -1.18. The van der Waals surface area contributed by atoms with Crippen LogP contribution in [0, 0.1) is 41.5 Å². The van der Waals surface area contributed by atoms with Gasteiger partial charge in [0.05, 0.1) is 0 Å². The molecule has 0 saturated carbocycles. The van der Waals surface area contributed by atoms with Crippen molar-refractivity contribution in [2.45, 2.75) is 228 Å². The van der Waals surface area contributed by atoms with Crippen molar-refractivity contribution in [2.24, 2.45) is 0 Å². The number of hydrogen-bond donors (Lipinski definition) is 3. The number of phenols is 3. The molecule has 0 aliphatic carbocycles. The quantitative estimate of drug-likeness (QED) is 0.125. The summed E-state index contributed by atoms with van der Waals surface area (Å²) in [6.07, 6.45) is 0. The molecule has 0 spiro atoms. The highest BCUT2D eigenvalue weighted by atomic mass is 32.2. The van der Waals surface area contributed by atoms with Gasteiger partial charge in [0.15, 0.2) is 0 Å². The van der Waals surface area contributed by atoms with Crippen molar-refractivity contribution in [2.75, 3.05) is 0 Å². The monoisotopic (exact) mass is 1050 g/mol. The first-order chi connectivity index (χ1) is 33.2. The fourth-order valence-electron chi connectivity index (χ4n) is 9.61. The van der Waals surface area contributed by atoms with Crippen molar-refractivity contribution >= 4 is 59.1 Å². The molecule has 0 aliphatic rings. The maximum Gasteiger partial charge on any atom is 0.122 e. The zero-order valence-corrected chi connectivity index (χ0v) is 52.3. The molecule has 392 valence electrons. The molecule has 0 saturated heterocycles.